The molecule has 23 heavy (non-hydrogen) atoms. The number of hydrogen-bond acceptors (Lipinski definition) is 5. The molecule has 0 heterocycles. The summed E-state index contributed by atoms with van der Waals surface area (Å²) in [7, 11) is 0. The van der Waals surface area contributed by atoms with Crippen LogP contribution in [0.25, 0.3) is 0 Å². The molecule has 0 bridgehead atoms. The fourth-order valence-electron chi connectivity index (χ4n) is 2.58. The molecule has 1 aromatic rings. The SMILES string of the molecule is NCCCCCCNC1=CCC(Nc2ccc(N)cc2S)C=C1. The van der Waals surface area contributed by atoms with E-state index in [1.54, 1.807) is 0 Å². The fourth-order valence-corrected chi connectivity index (χ4v) is 2.87. The monoisotopic (exact) mass is 332 g/mol. The largest absolute Gasteiger partial charge is 0.399 e. The zero-order valence-corrected chi connectivity index (χ0v) is 14.5. The van der Waals surface area contributed by atoms with Crippen molar-refractivity contribution in [3.63, 3.8) is 0 Å². The fraction of sp³-hybridized carbons (Fsp3) is 0.444. The van der Waals surface area contributed by atoms with E-state index in [4.69, 9.17) is 11.5 Å². The van der Waals surface area contributed by atoms with E-state index in [9.17, 15) is 0 Å². The molecule has 0 aliphatic heterocycles. The van der Waals surface area contributed by atoms with Crippen molar-refractivity contribution in [3.05, 3.63) is 42.1 Å². The molecule has 0 aromatic heterocycles. The first kappa shape index (κ1) is 17.8. The smallest absolute Gasteiger partial charge is 0.0483 e. The number of thiol groups is 1. The molecular formula is C18H28N4S. The van der Waals surface area contributed by atoms with Gasteiger partial charge in [-0.15, -0.1) is 12.6 Å². The van der Waals surface area contributed by atoms with E-state index in [0.29, 0.717) is 6.04 Å². The molecule has 1 aliphatic carbocycles. The third-order valence-corrected chi connectivity index (χ3v) is 4.29. The predicted molar refractivity (Wildman–Crippen MR) is 103 cm³/mol. The van der Waals surface area contributed by atoms with E-state index < -0.39 is 0 Å². The molecule has 1 atom stereocenters. The highest BCUT2D eigenvalue weighted by Crippen LogP contribution is 2.24. The molecule has 1 aromatic carbocycles. The number of allylic oxidation sites excluding steroid dienone is 1. The number of nitrogen functional groups attached to an aromatic ring is 1. The van der Waals surface area contributed by atoms with Gasteiger partial charge in [-0.1, -0.05) is 25.0 Å². The third-order valence-electron chi connectivity index (χ3n) is 3.92. The lowest BCUT2D eigenvalue weighted by Crippen LogP contribution is -2.22. The van der Waals surface area contributed by atoms with Gasteiger partial charge in [0, 0.05) is 34.6 Å². The van der Waals surface area contributed by atoms with Crippen LogP contribution in [0.2, 0.25) is 0 Å². The normalized spacial score (nSPS) is 17.0. The van der Waals surface area contributed by atoms with Crippen LogP contribution in [0, 0.1) is 0 Å². The Balaban J connectivity index is 1.70. The summed E-state index contributed by atoms with van der Waals surface area (Å²) in [4.78, 5) is 0.879. The molecular weight excluding hydrogens is 304 g/mol. The lowest BCUT2D eigenvalue weighted by atomic mass is 10.1. The van der Waals surface area contributed by atoms with Crippen LogP contribution in [0.4, 0.5) is 11.4 Å². The Labute approximate surface area is 144 Å². The van der Waals surface area contributed by atoms with E-state index in [1.807, 2.05) is 18.2 Å². The van der Waals surface area contributed by atoms with Crippen LogP contribution in [0.3, 0.4) is 0 Å². The maximum Gasteiger partial charge on any atom is 0.0483 e. The first-order valence-electron chi connectivity index (χ1n) is 8.36. The molecule has 126 valence electrons. The minimum Gasteiger partial charge on any atom is -0.399 e. The Morgan fingerprint density at radius 2 is 2.00 bits per heavy atom. The van der Waals surface area contributed by atoms with Crippen LogP contribution in [0.15, 0.2) is 47.0 Å². The lowest BCUT2D eigenvalue weighted by molar-refractivity contribution is 0.623. The zero-order chi connectivity index (χ0) is 16.5. The van der Waals surface area contributed by atoms with Gasteiger partial charge in [-0.25, -0.2) is 0 Å². The van der Waals surface area contributed by atoms with Gasteiger partial charge >= 0.3 is 0 Å². The van der Waals surface area contributed by atoms with Crippen molar-refractivity contribution < 1.29 is 0 Å². The molecule has 1 unspecified atom stereocenters. The van der Waals surface area contributed by atoms with Gasteiger partial charge in [0.15, 0.2) is 0 Å². The number of anilines is 2. The van der Waals surface area contributed by atoms with Gasteiger partial charge in [-0.2, -0.15) is 0 Å². The van der Waals surface area contributed by atoms with Crippen molar-refractivity contribution in [2.75, 3.05) is 24.1 Å². The van der Waals surface area contributed by atoms with E-state index in [-0.39, 0.29) is 0 Å². The topological polar surface area (TPSA) is 76.1 Å². The Morgan fingerprint density at radius 3 is 2.70 bits per heavy atom. The zero-order valence-electron chi connectivity index (χ0n) is 13.6. The molecule has 2 rings (SSSR count). The van der Waals surface area contributed by atoms with Crippen molar-refractivity contribution in [2.45, 2.75) is 43.0 Å². The number of benzene rings is 1. The highest BCUT2D eigenvalue weighted by Gasteiger charge is 2.10. The summed E-state index contributed by atoms with van der Waals surface area (Å²) in [5.74, 6) is 0. The number of nitrogens with two attached hydrogens (primary N) is 2. The van der Waals surface area contributed by atoms with Crippen LogP contribution in [0.5, 0.6) is 0 Å². The van der Waals surface area contributed by atoms with Crippen molar-refractivity contribution >= 4 is 24.0 Å². The first-order valence-corrected chi connectivity index (χ1v) is 8.81. The Hall–Kier alpha value is -1.59. The molecule has 1 aliphatic rings. The van der Waals surface area contributed by atoms with Gasteiger partial charge in [0.2, 0.25) is 0 Å². The van der Waals surface area contributed by atoms with Crippen molar-refractivity contribution in [2.24, 2.45) is 5.73 Å². The van der Waals surface area contributed by atoms with Gasteiger partial charge in [-0.3, -0.25) is 0 Å². The first-order chi connectivity index (χ1) is 11.2. The van der Waals surface area contributed by atoms with E-state index in [1.165, 1.54) is 25.0 Å². The highest BCUT2D eigenvalue weighted by atomic mass is 32.1. The van der Waals surface area contributed by atoms with Crippen molar-refractivity contribution in [3.8, 4) is 0 Å². The number of unbranched alkanes of at least 4 members (excludes halogenated alkanes) is 3. The van der Waals surface area contributed by atoms with Gasteiger partial charge in [-0.05, 0) is 50.1 Å². The van der Waals surface area contributed by atoms with E-state index in [2.05, 4.69) is 41.5 Å². The standard InChI is InChI=1S/C18H28N4S/c19-11-3-1-2-4-12-21-15-6-8-16(9-7-15)22-17-10-5-14(20)13-18(17)23/h5-8,10,13,16,21-23H,1-4,9,11-12,19-20H2. The summed E-state index contributed by atoms with van der Waals surface area (Å²) in [5.41, 5.74) is 14.2. The van der Waals surface area contributed by atoms with E-state index in [0.717, 1.165) is 42.2 Å². The Morgan fingerprint density at radius 1 is 1.17 bits per heavy atom. The van der Waals surface area contributed by atoms with Crippen LogP contribution in [-0.2, 0) is 0 Å². The predicted octanol–water partition coefficient (Wildman–Crippen LogP) is 3.29. The minimum atomic E-state index is 0.291. The van der Waals surface area contributed by atoms with E-state index >= 15 is 0 Å². The summed E-state index contributed by atoms with van der Waals surface area (Å²) in [6.07, 6.45) is 12.4. The van der Waals surface area contributed by atoms with Gasteiger partial charge < -0.3 is 22.1 Å². The van der Waals surface area contributed by atoms with Crippen LogP contribution >= 0.6 is 12.6 Å². The maximum atomic E-state index is 5.75. The summed E-state index contributed by atoms with van der Waals surface area (Å²) in [6, 6.07) is 6.03. The highest BCUT2D eigenvalue weighted by molar-refractivity contribution is 7.80. The molecule has 6 N–H and O–H groups in total. The molecule has 5 heteroatoms. The molecule has 4 nitrogen and oxygen atoms in total. The van der Waals surface area contributed by atoms with Gasteiger partial charge in [0.05, 0.1) is 0 Å². The molecule has 0 spiro atoms. The van der Waals surface area contributed by atoms with Gasteiger partial charge in [0.1, 0.15) is 0 Å². The second kappa shape index (κ2) is 9.53. The van der Waals surface area contributed by atoms with Crippen LogP contribution in [0.1, 0.15) is 32.1 Å². The molecule has 0 saturated carbocycles. The number of hydrogen-bond donors (Lipinski definition) is 5. The van der Waals surface area contributed by atoms with Crippen molar-refractivity contribution in [1.82, 2.24) is 5.32 Å². The summed E-state index contributed by atoms with van der Waals surface area (Å²) < 4.78 is 0. The molecule has 0 radical (unpaired) electrons. The van der Waals surface area contributed by atoms with Gasteiger partial charge in [0.25, 0.3) is 0 Å². The summed E-state index contributed by atoms with van der Waals surface area (Å²) in [6.45, 7) is 1.83. The Kier molecular flexibility index (Phi) is 7.36. The number of rotatable bonds is 9. The summed E-state index contributed by atoms with van der Waals surface area (Å²) in [5, 5.41) is 6.97. The molecule has 0 amide bonds. The second-order valence-electron chi connectivity index (χ2n) is 5.91. The molecule has 0 fully saturated rings. The second-order valence-corrected chi connectivity index (χ2v) is 6.39. The van der Waals surface area contributed by atoms with Crippen LogP contribution in [-0.4, -0.2) is 19.1 Å². The quantitative estimate of drug-likeness (QED) is 0.273. The van der Waals surface area contributed by atoms with Crippen LogP contribution < -0.4 is 22.1 Å². The minimum absolute atomic E-state index is 0.291. The van der Waals surface area contributed by atoms with Crippen molar-refractivity contribution in [1.29, 1.82) is 0 Å². The number of nitrogens with one attached hydrogen (secondary N) is 2. The third kappa shape index (κ3) is 6.20. The summed E-state index contributed by atoms with van der Waals surface area (Å²) >= 11 is 4.46. The maximum absolute atomic E-state index is 5.75. The average Bonchev–Trinajstić information content (AvgIpc) is 2.55. The lowest BCUT2D eigenvalue weighted by Gasteiger charge is -2.20. The molecule has 0 saturated heterocycles. The Bertz CT molecular complexity index is 554. The average molecular weight is 333 g/mol.